The molecule has 0 saturated carbocycles. The lowest BCUT2D eigenvalue weighted by molar-refractivity contribution is -0.140. The van der Waals surface area contributed by atoms with Gasteiger partial charge in [-0.2, -0.15) is 0 Å². The molecule has 0 bridgehead atoms. The number of likely N-dealkylation sites (tertiary alicyclic amines) is 1. The molecule has 1 heterocycles. The summed E-state index contributed by atoms with van der Waals surface area (Å²) in [6.07, 6.45) is 3.35. The van der Waals surface area contributed by atoms with Gasteiger partial charge in [0.25, 0.3) is 0 Å². The van der Waals surface area contributed by atoms with Crippen molar-refractivity contribution in [3.05, 3.63) is 18.4 Å². The smallest absolute Gasteiger partial charge is 0.347 e. The fourth-order valence-electron chi connectivity index (χ4n) is 1.99. The zero-order valence-corrected chi connectivity index (χ0v) is 11.9. The first-order chi connectivity index (χ1) is 9.01. The third-order valence-corrected chi connectivity index (χ3v) is 3.53. The normalized spacial score (nSPS) is 20.0. The molecular formula is C14H22N2O3. The van der Waals surface area contributed by atoms with Crippen LogP contribution in [-0.4, -0.2) is 61.0 Å². The molecule has 0 aromatic rings. The van der Waals surface area contributed by atoms with Gasteiger partial charge in [0, 0.05) is 12.6 Å². The van der Waals surface area contributed by atoms with Crippen molar-refractivity contribution < 1.29 is 14.3 Å². The molecule has 0 amide bonds. The van der Waals surface area contributed by atoms with Gasteiger partial charge in [0.05, 0.1) is 6.04 Å². The van der Waals surface area contributed by atoms with E-state index in [2.05, 4.69) is 6.58 Å². The molecule has 0 spiro atoms. The maximum absolute atomic E-state index is 11.9. The first-order valence-corrected chi connectivity index (χ1v) is 6.48. The summed E-state index contributed by atoms with van der Waals surface area (Å²) in [5.41, 5.74) is 0.0726. The minimum absolute atomic E-state index is 0.0726. The SMILES string of the molecule is C=CN1CCCC1C(=C=O)C(=O)OCC(C)N(C)C. The molecule has 19 heavy (non-hydrogen) atoms. The molecule has 0 radical (unpaired) electrons. The second-order valence-electron chi connectivity index (χ2n) is 5.01. The number of hydrogen-bond acceptors (Lipinski definition) is 5. The zero-order valence-electron chi connectivity index (χ0n) is 11.9. The van der Waals surface area contributed by atoms with Gasteiger partial charge in [-0.25, -0.2) is 9.59 Å². The van der Waals surface area contributed by atoms with Crippen LogP contribution in [0.5, 0.6) is 0 Å². The average Bonchev–Trinajstić information content (AvgIpc) is 2.84. The highest BCUT2D eigenvalue weighted by Gasteiger charge is 2.31. The highest BCUT2D eigenvalue weighted by Crippen LogP contribution is 2.23. The number of ether oxygens (including phenoxy) is 1. The quantitative estimate of drug-likeness (QED) is 0.405. The van der Waals surface area contributed by atoms with Crippen LogP contribution in [0.25, 0.3) is 0 Å². The molecule has 0 N–H and O–H groups in total. The number of likely N-dealkylation sites (N-methyl/N-ethyl adjacent to an activating group) is 1. The van der Waals surface area contributed by atoms with Crippen LogP contribution >= 0.6 is 0 Å². The third kappa shape index (κ3) is 3.94. The molecule has 106 valence electrons. The summed E-state index contributed by atoms with van der Waals surface area (Å²) >= 11 is 0. The molecule has 0 aliphatic carbocycles. The second kappa shape index (κ2) is 7.12. The number of hydrogen-bond donors (Lipinski definition) is 0. The fourth-order valence-corrected chi connectivity index (χ4v) is 1.99. The lowest BCUT2D eigenvalue weighted by Crippen LogP contribution is -2.34. The van der Waals surface area contributed by atoms with E-state index in [1.807, 2.05) is 30.8 Å². The van der Waals surface area contributed by atoms with Crippen molar-refractivity contribution in [1.29, 1.82) is 0 Å². The van der Waals surface area contributed by atoms with Crippen molar-refractivity contribution in [3.63, 3.8) is 0 Å². The Morgan fingerprint density at radius 3 is 2.84 bits per heavy atom. The molecule has 5 heteroatoms. The van der Waals surface area contributed by atoms with E-state index < -0.39 is 5.97 Å². The molecular weight excluding hydrogens is 244 g/mol. The first-order valence-electron chi connectivity index (χ1n) is 6.48. The lowest BCUT2D eigenvalue weighted by Gasteiger charge is -2.23. The van der Waals surface area contributed by atoms with Gasteiger partial charge in [-0.05, 0) is 40.1 Å². The standard InChI is InChI=1S/C14H22N2O3/c1-5-16-8-6-7-13(16)12(9-17)14(18)19-10-11(2)15(3)4/h5,11,13H,1,6-8,10H2,2-4H3. The fraction of sp³-hybridized carbons (Fsp3) is 0.643. The Labute approximate surface area is 114 Å². The Kier molecular flexibility index (Phi) is 5.80. The van der Waals surface area contributed by atoms with Crippen LogP contribution in [0.4, 0.5) is 0 Å². The number of carbonyl (C=O) groups excluding carboxylic acids is 2. The Hall–Kier alpha value is -1.58. The maximum atomic E-state index is 11.9. The van der Waals surface area contributed by atoms with E-state index in [4.69, 9.17) is 4.74 Å². The average molecular weight is 266 g/mol. The Morgan fingerprint density at radius 2 is 2.32 bits per heavy atom. The lowest BCUT2D eigenvalue weighted by atomic mass is 10.1. The van der Waals surface area contributed by atoms with Crippen LogP contribution in [0.1, 0.15) is 19.8 Å². The van der Waals surface area contributed by atoms with Gasteiger partial charge in [0.1, 0.15) is 18.1 Å². The summed E-state index contributed by atoms with van der Waals surface area (Å²) in [5.74, 6) is 1.18. The van der Waals surface area contributed by atoms with Crippen molar-refractivity contribution in [2.75, 3.05) is 27.2 Å². The van der Waals surface area contributed by atoms with Gasteiger partial charge in [-0.3, -0.25) is 0 Å². The number of carbonyl (C=O) groups is 1. The number of rotatable bonds is 6. The third-order valence-electron chi connectivity index (χ3n) is 3.53. The van der Waals surface area contributed by atoms with Crippen molar-refractivity contribution in [3.8, 4) is 0 Å². The summed E-state index contributed by atoms with van der Waals surface area (Å²) in [4.78, 5) is 26.8. The predicted octanol–water partition coefficient (Wildman–Crippen LogP) is 0.846. The summed E-state index contributed by atoms with van der Waals surface area (Å²) < 4.78 is 5.18. The Bertz CT molecular complexity index is 386. The molecule has 5 nitrogen and oxygen atoms in total. The summed E-state index contributed by atoms with van der Waals surface area (Å²) in [7, 11) is 3.82. The van der Waals surface area contributed by atoms with Crippen molar-refractivity contribution in [2.24, 2.45) is 0 Å². The zero-order chi connectivity index (χ0) is 14.4. The van der Waals surface area contributed by atoms with Crippen LogP contribution in [0.2, 0.25) is 0 Å². The Morgan fingerprint density at radius 1 is 1.63 bits per heavy atom. The molecule has 0 aromatic carbocycles. The van der Waals surface area contributed by atoms with Crippen LogP contribution in [0.15, 0.2) is 18.4 Å². The van der Waals surface area contributed by atoms with Gasteiger partial charge in [-0.1, -0.05) is 6.58 Å². The van der Waals surface area contributed by atoms with Gasteiger partial charge < -0.3 is 14.5 Å². The van der Waals surface area contributed by atoms with E-state index in [0.717, 1.165) is 19.4 Å². The minimum Gasteiger partial charge on any atom is -0.460 e. The minimum atomic E-state index is -0.567. The molecule has 1 fully saturated rings. The summed E-state index contributed by atoms with van der Waals surface area (Å²) in [6, 6.07) is -0.131. The molecule has 1 saturated heterocycles. The van der Waals surface area contributed by atoms with E-state index in [0.29, 0.717) is 0 Å². The molecule has 1 aliphatic heterocycles. The van der Waals surface area contributed by atoms with E-state index in [1.165, 1.54) is 0 Å². The van der Waals surface area contributed by atoms with E-state index >= 15 is 0 Å². The van der Waals surface area contributed by atoms with Crippen LogP contribution in [-0.2, 0) is 14.3 Å². The largest absolute Gasteiger partial charge is 0.460 e. The van der Waals surface area contributed by atoms with E-state index in [9.17, 15) is 9.59 Å². The van der Waals surface area contributed by atoms with Crippen LogP contribution in [0.3, 0.4) is 0 Å². The van der Waals surface area contributed by atoms with E-state index in [-0.39, 0.29) is 24.3 Å². The first kappa shape index (κ1) is 15.5. The van der Waals surface area contributed by atoms with Crippen LogP contribution < -0.4 is 0 Å². The maximum Gasteiger partial charge on any atom is 0.347 e. The monoisotopic (exact) mass is 266 g/mol. The number of esters is 1. The summed E-state index contributed by atoms with van der Waals surface area (Å²) in [6.45, 7) is 6.71. The van der Waals surface area contributed by atoms with Gasteiger partial charge >= 0.3 is 5.97 Å². The van der Waals surface area contributed by atoms with E-state index in [1.54, 1.807) is 12.1 Å². The topological polar surface area (TPSA) is 49.9 Å². The van der Waals surface area contributed by atoms with Crippen LogP contribution in [0, 0.1) is 0 Å². The van der Waals surface area contributed by atoms with Gasteiger partial charge in [0.15, 0.2) is 0 Å². The Balaban J connectivity index is 2.63. The molecule has 1 rings (SSSR count). The highest BCUT2D eigenvalue weighted by atomic mass is 16.5. The number of nitrogens with zero attached hydrogens (tertiary/aromatic N) is 2. The second-order valence-corrected chi connectivity index (χ2v) is 5.01. The molecule has 0 aromatic heterocycles. The molecule has 2 unspecified atom stereocenters. The molecule has 1 aliphatic rings. The molecule has 2 atom stereocenters. The van der Waals surface area contributed by atoms with Crippen molar-refractivity contribution >= 4 is 11.9 Å². The highest BCUT2D eigenvalue weighted by molar-refractivity contribution is 5.98. The van der Waals surface area contributed by atoms with Crippen molar-refractivity contribution in [2.45, 2.75) is 31.8 Å². The van der Waals surface area contributed by atoms with Crippen molar-refractivity contribution in [1.82, 2.24) is 9.80 Å². The predicted molar refractivity (Wildman–Crippen MR) is 73.2 cm³/mol. The van der Waals surface area contributed by atoms with Gasteiger partial charge in [0.2, 0.25) is 0 Å². The summed E-state index contributed by atoms with van der Waals surface area (Å²) in [5, 5.41) is 0. The van der Waals surface area contributed by atoms with Gasteiger partial charge in [-0.15, -0.1) is 0 Å².